The van der Waals surface area contributed by atoms with E-state index in [1.165, 1.54) is 18.3 Å². The van der Waals surface area contributed by atoms with Gasteiger partial charge in [-0.25, -0.2) is 18.7 Å². The van der Waals surface area contributed by atoms with Crippen LogP contribution in [0.4, 0.5) is 26.1 Å². The molecule has 0 spiro atoms. The first-order valence-electron chi connectivity index (χ1n) is 11.9. The normalized spacial score (nSPS) is 14.5. The molecule has 1 aliphatic heterocycles. The van der Waals surface area contributed by atoms with Crippen molar-refractivity contribution in [1.82, 2.24) is 20.2 Å². The summed E-state index contributed by atoms with van der Waals surface area (Å²) in [5.74, 6) is -2.15. The van der Waals surface area contributed by atoms with Crippen LogP contribution in [0.25, 0.3) is 11.6 Å². The van der Waals surface area contributed by atoms with Crippen LogP contribution in [0.15, 0.2) is 68.1 Å². The van der Waals surface area contributed by atoms with E-state index in [0.717, 1.165) is 13.1 Å². The van der Waals surface area contributed by atoms with Crippen molar-refractivity contribution in [2.75, 3.05) is 43.4 Å². The standard InChI is InChI=1S/C28H32F2N6O/c1-6-9-21(32-24(37)8-3)11-10-19(4)27-20(7-2)18-31-28(34-27)33-22-12-13-23(26(30)25(22)29)36-16-14-35(5)15-17-36/h6-9,11-13,18H,2-4,10,14-17H2,1,5H3,(H,32,37)(H,31,33,34)/b9-6-,21-11+. The predicted molar refractivity (Wildman–Crippen MR) is 146 cm³/mol. The van der Waals surface area contributed by atoms with Gasteiger partial charge in [0.2, 0.25) is 11.9 Å². The number of rotatable bonds is 10. The van der Waals surface area contributed by atoms with E-state index in [2.05, 4.69) is 45.2 Å². The second kappa shape index (κ2) is 12.7. The van der Waals surface area contributed by atoms with Gasteiger partial charge in [-0.3, -0.25) is 4.79 Å². The fourth-order valence-corrected chi connectivity index (χ4v) is 3.80. The molecule has 1 aliphatic rings. The third-order valence-corrected chi connectivity index (χ3v) is 5.89. The van der Waals surface area contributed by atoms with Gasteiger partial charge in [0.1, 0.15) is 0 Å². The van der Waals surface area contributed by atoms with E-state index in [9.17, 15) is 13.6 Å². The van der Waals surface area contributed by atoms with Crippen LogP contribution in [0.5, 0.6) is 0 Å². The highest BCUT2D eigenvalue weighted by Crippen LogP contribution is 2.30. The van der Waals surface area contributed by atoms with Crippen molar-refractivity contribution < 1.29 is 13.6 Å². The molecule has 1 aromatic heterocycles. The van der Waals surface area contributed by atoms with Crippen LogP contribution in [0.1, 0.15) is 24.6 Å². The monoisotopic (exact) mass is 506 g/mol. The molecule has 194 valence electrons. The lowest BCUT2D eigenvalue weighted by atomic mass is 10.1. The quantitative estimate of drug-likeness (QED) is 0.347. The topological polar surface area (TPSA) is 73.4 Å². The molecule has 0 unspecified atom stereocenters. The molecule has 37 heavy (non-hydrogen) atoms. The third kappa shape index (κ3) is 6.98. The van der Waals surface area contributed by atoms with Crippen molar-refractivity contribution in [1.29, 1.82) is 0 Å². The third-order valence-electron chi connectivity index (χ3n) is 5.89. The molecule has 1 fully saturated rings. The number of carbonyl (C=O) groups excluding carboxylic acids is 1. The van der Waals surface area contributed by atoms with Gasteiger partial charge in [0.05, 0.1) is 17.1 Å². The van der Waals surface area contributed by atoms with E-state index in [1.54, 1.807) is 30.4 Å². The van der Waals surface area contributed by atoms with E-state index >= 15 is 0 Å². The first-order chi connectivity index (χ1) is 17.8. The molecule has 7 nitrogen and oxygen atoms in total. The maximum Gasteiger partial charge on any atom is 0.247 e. The number of amides is 1. The zero-order valence-electron chi connectivity index (χ0n) is 21.2. The fourth-order valence-electron chi connectivity index (χ4n) is 3.80. The Morgan fingerprint density at radius 1 is 1.16 bits per heavy atom. The molecule has 2 aromatic rings. The largest absolute Gasteiger partial charge is 0.367 e. The van der Waals surface area contributed by atoms with Gasteiger partial charge in [-0.1, -0.05) is 38.0 Å². The van der Waals surface area contributed by atoms with Crippen molar-refractivity contribution in [3.8, 4) is 0 Å². The van der Waals surface area contributed by atoms with E-state index in [4.69, 9.17) is 0 Å². The number of hydrogen-bond acceptors (Lipinski definition) is 6. The smallest absolute Gasteiger partial charge is 0.247 e. The Morgan fingerprint density at radius 3 is 2.54 bits per heavy atom. The number of hydrogen-bond donors (Lipinski definition) is 2. The number of allylic oxidation sites excluding steroid dienone is 4. The van der Waals surface area contributed by atoms with E-state index in [0.29, 0.717) is 42.0 Å². The minimum Gasteiger partial charge on any atom is -0.367 e. The summed E-state index contributed by atoms with van der Waals surface area (Å²) < 4.78 is 29.9. The van der Waals surface area contributed by atoms with Gasteiger partial charge in [0, 0.05) is 43.6 Å². The molecule has 0 aliphatic carbocycles. The Bertz CT molecular complexity index is 1250. The fraction of sp³-hybridized carbons (Fsp3) is 0.250. The Labute approximate surface area is 216 Å². The highest BCUT2D eigenvalue weighted by Gasteiger charge is 2.22. The van der Waals surface area contributed by atoms with Crippen LogP contribution >= 0.6 is 0 Å². The SMILES string of the molecule is C=CC(=O)NC(/C=C\C)=C/CC(=C)c1nc(Nc2ccc(N3CCN(C)CC3)c(F)c2F)ncc1C=C. The summed E-state index contributed by atoms with van der Waals surface area (Å²) in [6.45, 7) is 16.0. The number of carbonyl (C=O) groups is 1. The summed E-state index contributed by atoms with van der Waals surface area (Å²) in [7, 11) is 2.00. The predicted octanol–water partition coefficient (Wildman–Crippen LogP) is 5.06. The van der Waals surface area contributed by atoms with Crippen LogP contribution in [0.2, 0.25) is 0 Å². The number of nitrogens with zero attached hydrogens (tertiary/aromatic N) is 4. The Balaban J connectivity index is 1.82. The Hall–Kier alpha value is -4.11. The van der Waals surface area contributed by atoms with Crippen molar-refractivity contribution in [2.45, 2.75) is 13.3 Å². The van der Waals surface area contributed by atoms with Gasteiger partial charge in [0.25, 0.3) is 0 Å². The number of piperazine rings is 1. The van der Waals surface area contributed by atoms with E-state index < -0.39 is 11.6 Å². The number of nitrogens with one attached hydrogen (secondary N) is 2. The van der Waals surface area contributed by atoms with Crippen molar-refractivity contribution in [2.24, 2.45) is 0 Å². The molecule has 9 heteroatoms. The van der Waals surface area contributed by atoms with Gasteiger partial charge in [0.15, 0.2) is 11.6 Å². The van der Waals surface area contributed by atoms with Crippen molar-refractivity contribution in [3.05, 3.63) is 91.0 Å². The van der Waals surface area contributed by atoms with Crippen molar-refractivity contribution >= 4 is 34.9 Å². The van der Waals surface area contributed by atoms with Gasteiger partial charge in [-0.2, -0.15) is 0 Å². The van der Waals surface area contributed by atoms with E-state index in [1.807, 2.05) is 18.9 Å². The number of anilines is 3. The molecule has 3 rings (SSSR count). The average molecular weight is 507 g/mol. The van der Waals surface area contributed by atoms with Crippen LogP contribution < -0.4 is 15.5 Å². The van der Waals surface area contributed by atoms with Gasteiger partial charge >= 0.3 is 0 Å². The van der Waals surface area contributed by atoms with Crippen molar-refractivity contribution in [3.63, 3.8) is 0 Å². The molecule has 0 bridgehead atoms. The maximum atomic E-state index is 15.0. The lowest BCUT2D eigenvalue weighted by Gasteiger charge is -2.34. The van der Waals surface area contributed by atoms with E-state index in [-0.39, 0.29) is 23.2 Å². The molecular formula is C28H32F2N6O. The molecule has 0 atom stereocenters. The Morgan fingerprint density at radius 2 is 1.89 bits per heavy atom. The van der Waals surface area contributed by atoms with Crippen LogP contribution in [-0.4, -0.2) is 54.0 Å². The molecule has 1 saturated heterocycles. The average Bonchev–Trinajstić information content (AvgIpc) is 2.90. The molecular weight excluding hydrogens is 474 g/mol. The summed E-state index contributed by atoms with van der Waals surface area (Å²) in [5, 5.41) is 5.50. The molecule has 0 saturated carbocycles. The summed E-state index contributed by atoms with van der Waals surface area (Å²) in [4.78, 5) is 24.4. The van der Waals surface area contributed by atoms with Gasteiger partial charge in [-0.15, -0.1) is 0 Å². The highest BCUT2D eigenvalue weighted by molar-refractivity contribution is 5.88. The summed E-state index contributed by atoms with van der Waals surface area (Å²) in [6, 6.07) is 3.05. The number of likely N-dealkylation sites (N-methyl/N-ethyl adjacent to an activating group) is 1. The lowest BCUT2D eigenvalue weighted by Crippen LogP contribution is -2.44. The number of halogens is 2. The number of benzene rings is 1. The zero-order valence-corrected chi connectivity index (χ0v) is 21.2. The lowest BCUT2D eigenvalue weighted by molar-refractivity contribution is -0.115. The van der Waals surface area contributed by atoms with Crippen LogP contribution in [0, 0.1) is 11.6 Å². The molecule has 1 aromatic carbocycles. The second-order valence-electron chi connectivity index (χ2n) is 8.54. The molecule has 2 N–H and O–H groups in total. The minimum absolute atomic E-state index is 0.0688. The first kappa shape index (κ1) is 27.5. The summed E-state index contributed by atoms with van der Waals surface area (Å²) in [5.41, 5.74) is 2.49. The Kier molecular flexibility index (Phi) is 9.45. The first-order valence-corrected chi connectivity index (χ1v) is 11.9. The number of aromatic nitrogens is 2. The van der Waals surface area contributed by atoms with Crippen LogP contribution in [-0.2, 0) is 4.79 Å². The zero-order chi connectivity index (χ0) is 26.9. The van der Waals surface area contributed by atoms with Crippen LogP contribution in [0.3, 0.4) is 0 Å². The highest BCUT2D eigenvalue weighted by atomic mass is 19.2. The van der Waals surface area contributed by atoms with Gasteiger partial charge in [-0.05, 0) is 50.3 Å². The molecule has 1 amide bonds. The van der Waals surface area contributed by atoms with Gasteiger partial charge < -0.3 is 20.4 Å². The second-order valence-corrected chi connectivity index (χ2v) is 8.54. The maximum absolute atomic E-state index is 15.0. The molecule has 0 radical (unpaired) electrons. The minimum atomic E-state index is -0.995. The molecule has 2 heterocycles. The summed E-state index contributed by atoms with van der Waals surface area (Å²) in [6.07, 6.45) is 10.00. The summed E-state index contributed by atoms with van der Waals surface area (Å²) >= 11 is 0.